The number of pyridine rings is 1. The number of carbonyl (C=O) groups excluding carboxylic acids is 1. The Hall–Kier alpha value is -2.54. The van der Waals surface area contributed by atoms with Crippen molar-refractivity contribution >= 4 is 17.2 Å². The molecule has 2 aliphatic heterocycles. The molecular weight excluding hydrogens is 360 g/mol. The van der Waals surface area contributed by atoms with Crippen molar-refractivity contribution in [3.63, 3.8) is 0 Å². The lowest BCUT2D eigenvalue weighted by Crippen LogP contribution is -2.45. The van der Waals surface area contributed by atoms with Gasteiger partial charge in [0.05, 0.1) is 4.88 Å². The van der Waals surface area contributed by atoms with Crippen molar-refractivity contribution in [1.29, 1.82) is 0 Å². The van der Waals surface area contributed by atoms with Crippen LogP contribution in [0.15, 0.2) is 41.2 Å². The topological polar surface area (TPSA) is 72.1 Å². The summed E-state index contributed by atoms with van der Waals surface area (Å²) in [6.45, 7) is 2.04. The van der Waals surface area contributed by atoms with Gasteiger partial charge in [-0.05, 0) is 56.9 Å². The quantitative estimate of drug-likeness (QED) is 0.685. The average Bonchev–Trinajstić information content (AvgIpc) is 3.40. The third-order valence-corrected chi connectivity index (χ3v) is 6.62. The zero-order valence-corrected chi connectivity index (χ0v) is 15.9. The van der Waals surface area contributed by atoms with Gasteiger partial charge in [0.2, 0.25) is 11.7 Å². The standard InChI is InChI=1S/C20H20N4O2S/c1-12-4-7-17(27-12)20(25)24-15-5-6-16(24)10-14(9-15)19-22-18(23-26-19)13-3-2-8-21-11-13/h2-4,7-8,11,14-16H,5-6,9-10H2,1H3/t14?,15-,16+. The van der Waals surface area contributed by atoms with Crippen molar-refractivity contribution in [3.8, 4) is 11.4 Å². The second-order valence-corrected chi connectivity index (χ2v) is 8.66. The third-order valence-electron chi connectivity index (χ3n) is 5.63. The number of hydrogen-bond donors (Lipinski definition) is 0. The highest BCUT2D eigenvalue weighted by Gasteiger charge is 2.45. The maximum Gasteiger partial charge on any atom is 0.264 e. The van der Waals surface area contributed by atoms with Gasteiger partial charge in [0.15, 0.2) is 0 Å². The molecule has 138 valence electrons. The van der Waals surface area contributed by atoms with Gasteiger partial charge < -0.3 is 9.42 Å². The maximum absolute atomic E-state index is 13.0. The molecule has 27 heavy (non-hydrogen) atoms. The molecule has 5 heterocycles. The van der Waals surface area contributed by atoms with Crippen molar-refractivity contribution in [2.45, 2.75) is 50.6 Å². The number of aryl methyl sites for hydroxylation is 1. The second-order valence-electron chi connectivity index (χ2n) is 7.37. The van der Waals surface area contributed by atoms with Crippen LogP contribution in [0.4, 0.5) is 0 Å². The van der Waals surface area contributed by atoms with Gasteiger partial charge >= 0.3 is 0 Å². The molecule has 3 aromatic rings. The molecule has 0 aromatic carbocycles. The van der Waals surface area contributed by atoms with Crippen molar-refractivity contribution in [3.05, 3.63) is 52.3 Å². The van der Waals surface area contributed by atoms with E-state index in [0.29, 0.717) is 11.7 Å². The summed E-state index contributed by atoms with van der Waals surface area (Å²) in [7, 11) is 0. The Morgan fingerprint density at radius 1 is 1.22 bits per heavy atom. The van der Waals surface area contributed by atoms with Crippen LogP contribution >= 0.6 is 11.3 Å². The van der Waals surface area contributed by atoms with Crippen LogP contribution in [0.3, 0.4) is 0 Å². The van der Waals surface area contributed by atoms with E-state index in [1.807, 2.05) is 31.2 Å². The minimum Gasteiger partial charge on any atom is -0.339 e. The average molecular weight is 380 g/mol. The van der Waals surface area contributed by atoms with E-state index in [1.54, 1.807) is 23.7 Å². The fraction of sp³-hybridized carbons (Fsp3) is 0.400. The largest absolute Gasteiger partial charge is 0.339 e. The summed E-state index contributed by atoms with van der Waals surface area (Å²) in [5.74, 6) is 1.66. The van der Waals surface area contributed by atoms with Gasteiger partial charge in [-0.1, -0.05) is 5.16 Å². The Labute approximate surface area is 161 Å². The fourth-order valence-electron chi connectivity index (χ4n) is 4.40. The van der Waals surface area contributed by atoms with E-state index in [-0.39, 0.29) is 23.9 Å². The molecule has 2 bridgehead atoms. The van der Waals surface area contributed by atoms with Crippen molar-refractivity contribution in [1.82, 2.24) is 20.0 Å². The molecule has 7 heteroatoms. The van der Waals surface area contributed by atoms with Crippen LogP contribution < -0.4 is 0 Å². The molecule has 6 nitrogen and oxygen atoms in total. The first-order chi connectivity index (χ1) is 13.2. The van der Waals surface area contributed by atoms with Gasteiger partial charge in [-0.15, -0.1) is 11.3 Å². The summed E-state index contributed by atoms with van der Waals surface area (Å²) in [5.41, 5.74) is 0.858. The number of amides is 1. The van der Waals surface area contributed by atoms with Crippen LogP contribution in [0, 0.1) is 6.92 Å². The Balaban J connectivity index is 1.34. The maximum atomic E-state index is 13.0. The number of rotatable bonds is 3. The zero-order chi connectivity index (χ0) is 18.4. The minimum absolute atomic E-state index is 0.181. The molecule has 0 spiro atoms. The van der Waals surface area contributed by atoms with Crippen LogP contribution in [-0.4, -0.2) is 38.0 Å². The highest BCUT2D eigenvalue weighted by molar-refractivity contribution is 7.13. The van der Waals surface area contributed by atoms with E-state index in [0.717, 1.165) is 36.1 Å². The van der Waals surface area contributed by atoms with E-state index >= 15 is 0 Å². The molecule has 2 fully saturated rings. The molecule has 3 aromatic heterocycles. The first kappa shape index (κ1) is 16.6. The fourth-order valence-corrected chi connectivity index (χ4v) is 5.21. The molecule has 0 aliphatic carbocycles. The number of aromatic nitrogens is 3. The van der Waals surface area contributed by atoms with Gasteiger partial charge in [-0.2, -0.15) is 4.98 Å². The molecule has 5 rings (SSSR count). The third kappa shape index (κ3) is 2.96. The van der Waals surface area contributed by atoms with E-state index in [2.05, 4.69) is 20.0 Å². The highest BCUT2D eigenvalue weighted by Crippen LogP contribution is 2.43. The molecule has 1 amide bonds. The van der Waals surface area contributed by atoms with Gasteiger partial charge in [-0.25, -0.2) is 0 Å². The van der Waals surface area contributed by atoms with E-state index in [9.17, 15) is 4.79 Å². The number of hydrogen-bond acceptors (Lipinski definition) is 6. The van der Waals surface area contributed by atoms with Crippen LogP contribution in [0.1, 0.15) is 52.0 Å². The van der Waals surface area contributed by atoms with Crippen LogP contribution in [0.5, 0.6) is 0 Å². The van der Waals surface area contributed by atoms with Crippen LogP contribution in [-0.2, 0) is 0 Å². The van der Waals surface area contributed by atoms with Gasteiger partial charge in [0.1, 0.15) is 0 Å². The summed E-state index contributed by atoms with van der Waals surface area (Å²) < 4.78 is 5.58. The molecular formula is C20H20N4O2S. The normalized spacial score (nSPS) is 24.3. The Kier molecular flexibility index (Phi) is 4.04. The van der Waals surface area contributed by atoms with Gasteiger partial charge in [0, 0.05) is 40.8 Å². The summed E-state index contributed by atoms with van der Waals surface area (Å²) in [5, 5.41) is 4.13. The number of nitrogens with zero attached hydrogens (tertiary/aromatic N) is 4. The molecule has 0 N–H and O–H groups in total. The SMILES string of the molecule is Cc1ccc(C(=O)N2[C@@H]3CC[C@H]2CC(c2nc(-c4cccnc4)no2)C3)s1. The molecule has 2 saturated heterocycles. The van der Waals surface area contributed by atoms with Crippen molar-refractivity contribution in [2.75, 3.05) is 0 Å². The van der Waals surface area contributed by atoms with Crippen molar-refractivity contribution < 1.29 is 9.32 Å². The minimum atomic E-state index is 0.181. The summed E-state index contributed by atoms with van der Waals surface area (Å²) >= 11 is 1.58. The number of thiophene rings is 1. The van der Waals surface area contributed by atoms with E-state index < -0.39 is 0 Å². The second kappa shape index (κ2) is 6.56. The van der Waals surface area contributed by atoms with E-state index in [1.165, 1.54) is 4.88 Å². The van der Waals surface area contributed by atoms with Gasteiger partial charge in [0.25, 0.3) is 5.91 Å². The monoisotopic (exact) mass is 380 g/mol. The summed E-state index contributed by atoms with van der Waals surface area (Å²) in [6.07, 6.45) is 7.36. The van der Waals surface area contributed by atoms with Gasteiger partial charge in [-0.3, -0.25) is 9.78 Å². The Bertz CT molecular complexity index is 953. The number of carbonyl (C=O) groups is 1. The van der Waals surface area contributed by atoms with E-state index in [4.69, 9.17) is 4.52 Å². The summed E-state index contributed by atoms with van der Waals surface area (Å²) in [6, 6.07) is 8.28. The first-order valence-electron chi connectivity index (χ1n) is 9.32. The number of fused-ring (bicyclic) bond motifs is 2. The Morgan fingerprint density at radius 3 is 2.70 bits per heavy atom. The Morgan fingerprint density at radius 2 is 2.04 bits per heavy atom. The lowest BCUT2D eigenvalue weighted by Gasteiger charge is -2.37. The molecule has 3 atom stereocenters. The molecule has 1 unspecified atom stereocenters. The highest BCUT2D eigenvalue weighted by atomic mass is 32.1. The molecule has 0 radical (unpaired) electrons. The van der Waals surface area contributed by atoms with Crippen LogP contribution in [0.25, 0.3) is 11.4 Å². The molecule has 2 aliphatic rings. The predicted molar refractivity (Wildman–Crippen MR) is 102 cm³/mol. The lowest BCUT2D eigenvalue weighted by atomic mass is 9.90. The summed E-state index contributed by atoms with van der Waals surface area (Å²) in [4.78, 5) is 25.8. The zero-order valence-electron chi connectivity index (χ0n) is 15.0. The lowest BCUT2D eigenvalue weighted by molar-refractivity contribution is 0.0560. The molecule has 0 saturated carbocycles. The van der Waals surface area contributed by atoms with Crippen LogP contribution in [0.2, 0.25) is 0 Å². The number of piperidine rings is 1. The smallest absolute Gasteiger partial charge is 0.264 e. The predicted octanol–water partition coefficient (Wildman–Crippen LogP) is 4.05. The first-order valence-corrected chi connectivity index (χ1v) is 10.1. The van der Waals surface area contributed by atoms with Crippen molar-refractivity contribution in [2.24, 2.45) is 0 Å².